The van der Waals surface area contributed by atoms with E-state index in [1.54, 1.807) is 37.8 Å². The van der Waals surface area contributed by atoms with Gasteiger partial charge in [0.1, 0.15) is 12.1 Å². The number of nitrogens with one attached hydrogen (secondary N) is 1. The minimum absolute atomic E-state index is 0.00796. The van der Waals surface area contributed by atoms with Gasteiger partial charge in [-0.05, 0) is 26.8 Å². The van der Waals surface area contributed by atoms with Crippen molar-refractivity contribution in [2.75, 3.05) is 19.6 Å². The molecule has 120 valence electrons. The summed E-state index contributed by atoms with van der Waals surface area (Å²) in [5.41, 5.74) is -0.107. The second kappa shape index (κ2) is 6.21. The number of hydrogen-bond acceptors (Lipinski definition) is 4. The summed E-state index contributed by atoms with van der Waals surface area (Å²) in [6.07, 6.45) is -0.478. The van der Waals surface area contributed by atoms with Crippen LogP contribution >= 0.6 is 0 Å². The van der Waals surface area contributed by atoms with Gasteiger partial charge in [0.25, 0.3) is 0 Å². The fourth-order valence-corrected chi connectivity index (χ4v) is 2.15. The van der Waals surface area contributed by atoms with Gasteiger partial charge in [-0.1, -0.05) is 6.07 Å². The first-order valence-corrected chi connectivity index (χ1v) is 7.18. The standard InChI is InChI=1S/C15H21N3O4/c1-15(2,3)22-14(21)18-8-7-17(13(20)10-18)9-11-5-4-6-12(19)16-11/h4-6H,7-10H2,1-3H3,(H,16,19). The van der Waals surface area contributed by atoms with Gasteiger partial charge in [-0.25, -0.2) is 4.79 Å². The Bertz CT molecular complexity index is 618. The summed E-state index contributed by atoms with van der Waals surface area (Å²) in [4.78, 5) is 41.1. The van der Waals surface area contributed by atoms with Gasteiger partial charge in [0.2, 0.25) is 11.5 Å². The van der Waals surface area contributed by atoms with Crippen LogP contribution in [-0.2, 0) is 16.1 Å². The van der Waals surface area contributed by atoms with Gasteiger partial charge in [0.05, 0.1) is 6.54 Å². The van der Waals surface area contributed by atoms with Gasteiger partial charge in [-0.3, -0.25) is 14.5 Å². The maximum Gasteiger partial charge on any atom is 0.410 e. The Kier molecular flexibility index (Phi) is 4.54. The number of carbonyl (C=O) groups is 2. The lowest BCUT2D eigenvalue weighted by molar-refractivity contribution is -0.136. The number of H-pyrrole nitrogens is 1. The van der Waals surface area contributed by atoms with Crippen LogP contribution in [0, 0.1) is 0 Å². The average Bonchev–Trinajstić information content (AvgIpc) is 2.39. The molecule has 0 unspecified atom stereocenters. The van der Waals surface area contributed by atoms with E-state index < -0.39 is 11.7 Å². The minimum Gasteiger partial charge on any atom is -0.444 e. The van der Waals surface area contributed by atoms with Crippen molar-refractivity contribution in [3.8, 4) is 0 Å². The molecule has 0 spiro atoms. The summed E-state index contributed by atoms with van der Waals surface area (Å²) in [6.45, 7) is 6.51. The molecule has 7 nitrogen and oxygen atoms in total. The lowest BCUT2D eigenvalue weighted by Crippen LogP contribution is -2.52. The highest BCUT2D eigenvalue weighted by atomic mass is 16.6. The van der Waals surface area contributed by atoms with Crippen LogP contribution in [0.5, 0.6) is 0 Å². The summed E-state index contributed by atoms with van der Waals surface area (Å²) in [5.74, 6) is -0.165. The number of amides is 2. The molecule has 2 heterocycles. The van der Waals surface area contributed by atoms with Crippen LogP contribution in [0.25, 0.3) is 0 Å². The van der Waals surface area contributed by atoms with E-state index in [1.807, 2.05) is 0 Å². The summed E-state index contributed by atoms with van der Waals surface area (Å²) >= 11 is 0. The van der Waals surface area contributed by atoms with Crippen molar-refractivity contribution >= 4 is 12.0 Å². The quantitative estimate of drug-likeness (QED) is 0.882. The zero-order valence-corrected chi connectivity index (χ0v) is 13.1. The lowest BCUT2D eigenvalue weighted by atomic mass is 10.2. The molecule has 0 aromatic carbocycles. The Morgan fingerprint density at radius 1 is 1.27 bits per heavy atom. The zero-order valence-electron chi connectivity index (χ0n) is 13.1. The van der Waals surface area contributed by atoms with E-state index in [0.717, 1.165) is 0 Å². The number of ether oxygens (including phenoxy) is 1. The van der Waals surface area contributed by atoms with Crippen LogP contribution in [0.3, 0.4) is 0 Å². The molecule has 1 aliphatic rings. The van der Waals surface area contributed by atoms with Crippen LogP contribution in [0.2, 0.25) is 0 Å². The first-order valence-electron chi connectivity index (χ1n) is 7.18. The predicted octanol–water partition coefficient (Wildman–Crippen LogP) is 0.954. The number of piperazine rings is 1. The Morgan fingerprint density at radius 3 is 2.59 bits per heavy atom. The summed E-state index contributed by atoms with van der Waals surface area (Å²) in [5, 5.41) is 0. The highest BCUT2D eigenvalue weighted by Crippen LogP contribution is 2.13. The number of hydrogen-bond donors (Lipinski definition) is 1. The number of pyridine rings is 1. The summed E-state index contributed by atoms with van der Waals surface area (Å²) in [7, 11) is 0. The third kappa shape index (κ3) is 4.34. The molecule has 1 fully saturated rings. The topological polar surface area (TPSA) is 82.7 Å². The van der Waals surface area contributed by atoms with E-state index in [0.29, 0.717) is 25.3 Å². The molecule has 1 aliphatic heterocycles. The number of rotatable bonds is 2. The van der Waals surface area contributed by atoms with Crippen molar-refractivity contribution in [3.05, 3.63) is 34.2 Å². The maximum atomic E-state index is 12.1. The molecule has 1 aromatic rings. The van der Waals surface area contributed by atoms with Gasteiger partial charge < -0.3 is 14.6 Å². The smallest absolute Gasteiger partial charge is 0.410 e. The van der Waals surface area contributed by atoms with Crippen molar-refractivity contribution in [1.82, 2.24) is 14.8 Å². The van der Waals surface area contributed by atoms with Crippen molar-refractivity contribution in [3.63, 3.8) is 0 Å². The second-order valence-corrected chi connectivity index (χ2v) is 6.26. The lowest BCUT2D eigenvalue weighted by Gasteiger charge is -2.35. The van der Waals surface area contributed by atoms with Crippen molar-refractivity contribution in [1.29, 1.82) is 0 Å². The monoisotopic (exact) mass is 307 g/mol. The van der Waals surface area contributed by atoms with E-state index in [9.17, 15) is 14.4 Å². The molecule has 22 heavy (non-hydrogen) atoms. The Morgan fingerprint density at radius 2 is 2.00 bits per heavy atom. The van der Waals surface area contributed by atoms with E-state index in [-0.39, 0.29) is 18.0 Å². The van der Waals surface area contributed by atoms with Crippen LogP contribution in [0.1, 0.15) is 26.5 Å². The SMILES string of the molecule is CC(C)(C)OC(=O)N1CCN(Cc2cccc(=O)[nH]2)C(=O)C1. The first kappa shape index (κ1) is 16.1. The maximum absolute atomic E-state index is 12.1. The molecule has 1 saturated heterocycles. The summed E-state index contributed by atoms with van der Waals surface area (Å²) in [6, 6.07) is 4.83. The van der Waals surface area contributed by atoms with Gasteiger partial charge in [0, 0.05) is 24.8 Å². The van der Waals surface area contributed by atoms with E-state index >= 15 is 0 Å². The van der Waals surface area contributed by atoms with Gasteiger partial charge in [-0.15, -0.1) is 0 Å². The molecule has 2 rings (SSSR count). The third-order valence-corrected chi connectivity index (χ3v) is 3.16. The van der Waals surface area contributed by atoms with E-state index in [1.165, 1.54) is 11.0 Å². The minimum atomic E-state index is -0.583. The summed E-state index contributed by atoms with van der Waals surface area (Å²) < 4.78 is 5.26. The van der Waals surface area contributed by atoms with E-state index in [4.69, 9.17) is 4.74 Å². The van der Waals surface area contributed by atoms with Crippen molar-refractivity contribution in [2.24, 2.45) is 0 Å². The second-order valence-electron chi connectivity index (χ2n) is 6.26. The van der Waals surface area contributed by atoms with Gasteiger partial charge in [0.15, 0.2) is 0 Å². The number of carbonyl (C=O) groups excluding carboxylic acids is 2. The first-order chi connectivity index (χ1) is 10.2. The van der Waals surface area contributed by atoms with Gasteiger partial charge >= 0.3 is 6.09 Å². The molecular formula is C15H21N3O4. The highest BCUT2D eigenvalue weighted by Gasteiger charge is 2.30. The molecule has 0 aliphatic carbocycles. The van der Waals surface area contributed by atoms with Crippen LogP contribution in [0.15, 0.2) is 23.0 Å². The molecule has 7 heteroatoms. The van der Waals surface area contributed by atoms with Crippen LogP contribution in [-0.4, -0.2) is 52.0 Å². The molecule has 1 N–H and O–H groups in total. The largest absolute Gasteiger partial charge is 0.444 e. The molecule has 0 radical (unpaired) electrons. The molecule has 2 amide bonds. The molecular weight excluding hydrogens is 286 g/mol. The Balaban J connectivity index is 1.94. The fraction of sp³-hybridized carbons (Fsp3) is 0.533. The molecule has 1 aromatic heterocycles. The van der Waals surface area contributed by atoms with Crippen molar-refractivity contribution < 1.29 is 14.3 Å². The highest BCUT2D eigenvalue weighted by molar-refractivity contribution is 5.83. The molecule has 0 saturated carbocycles. The number of nitrogens with zero attached hydrogens (tertiary/aromatic N) is 2. The van der Waals surface area contributed by atoms with Crippen molar-refractivity contribution in [2.45, 2.75) is 32.9 Å². The normalized spacial score (nSPS) is 15.9. The number of aromatic nitrogens is 1. The fourth-order valence-electron chi connectivity index (χ4n) is 2.15. The molecule has 0 bridgehead atoms. The number of aromatic amines is 1. The van der Waals surface area contributed by atoms with Crippen LogP contribution < -0.4 is 5.56 Å². The van der Waals surface area contributed by atoms with Gasteiger partial charge in [-0.2, -0.15) is 0 Å². The molecule has 0 atom stereocenters. The Labute approximate surface area is 128 Å². The predicted molar refractivity (Wildman–Crippen MR) is 80.3 cm³/mol. The van der Waals surface area contributed by atoms with Crippen LogP contribution in [0.4, 0.5) is 4.79 Å². The van der Waals surface area contributed by atoms with E-state index in [2.05, 4.69) is 4.98 Å². The third-order valence-electron chi connectivity index (χ3n) is 3.16. The Hall–Kier alpha value is -2.31. The average molecular weight is 307 g/mol. The zero-order chi connectivity index (χ0) is 16.3.